The van der Waals surface area contributed by atoms with Crippen LogP contribution in [0.3, 0.4) is 0 Å². The number of hydrogen-bond donors (Lipinski definition) is 2. The standard InChI is InChI=1S/C10H9NO.Na.H2O3S/c12-6-5-8-7-11-10-4-2-1-3-9(8)10;;1-4(2)3/h1-4,6-7,11H,5H2;;(H2,1,2,3)/q;+1;/p-1. The van der Waals surface area contributed by atoms with Crippen LogP contribution < -0.4 is 29.6 Å². The van der Waals surface area contributed by atoms with Crippen molar-refractivity contribution in [1.82, 2.24) is 4.98 Å². The molecule has 0 amide bonds. The third kappa shape index (κ3) is 5.58. The van der Waals surface area contributed by atoms with Crippen LogP contribution in [0.15, 0.2) is 30.5 Å². The number of carbonyl (C=O) groups is 1. The number of rotatable bonds is 2. The molecule has 0 saturated heterocycles. The number of carbonyl (C=O) groups excluding carboxylic acids is 1. The SMILES string of the molecule is O=CCc1c[nH]c2ccccc12.O=S([O-])O.[Na+]. The zero-order chi connectivity index (χ0) is 12.0. The number of aldehydes is 1. The monoisotopic (exact) mass is 263 g/mol. The first-order valence-electron chi connectivity index (χ1n) is 4.42. The van der Waals surface area contributed by atoms with Crippen LogP contribution in [0.2, 0.25) is 0 Å². The zero-order valence-corrected chi connectivity index (χ0v) is 12.1. The van der Waals surface area contributed by atoms with E-state index in [0.717, 1.165) is 22.8 Å². The first-order valence-corrected chi connectivity index (χ1v) is 5.45. The fourth-order valence-electron chi connectivity index (χ4n) is 1.39. The third-order valence-corrected chi connectivity index (χ3v) is 1.98. The van der Waals surface area contributed by atoms with Crippen molar-refractivity contribution < 1.29 is 47.7 Å². The quantitative estimate of drug-likeness (QED) is 0.382. The van der Waals surface area contributed by atoms with Crippen LogP contribution in [0.25, 0.3) is 10.9 Å². The molecule has 2 aromatic rings. The maximum atomic E-state index is 10.3. The zero-order valence-electron chi connectivity index (χ0n) is 9.25. The molecule has 0 spiro atoms. The number of hydrogen-bond acceptors (Lipinski definition) is 3. The van der Waals surface area contributed by atoms with Gasteiger partial charge in [-0.1, -0.05) is 18.2 Å². The molecule has 17 heavy (non-hydrogen) atoms. The summed E-state index contributed by atoms with van der Waals surface area (Å²) in [5.74, 6) is 0. The third-order valence-electron chi connectivity index (χ3n) is 1.98. The molecule has 1 unspecified atom stereocenters. The van der Waals surface area contributed by atoms with Gasteiger partial charge in [-0.3, -0.25) is 0 Å². The Balaban J connectivity index is 0.000000453. The summed E-state index contributed by atoms with van der Waals surface area (Å²) in [5, 5.41) is 1.14. The molecule has 1 aromatic carbocycles. The normalized spacial score (nSPS) is 10.9. The minimum atomic E-state index is -2.86. The van der Waals surface area contributed by atoms with Gasteiger partial charge in [0, 0.05) is 23.5 Å². The largest absolute Gasteiger partial charge is 1.00 e. The molecule has 0 aliphatic carbocycles. The molecule has 2 N–H and O–H groups in total. The van der Waals surface area contributed by atoms with Crippen molar-refractivity contribution in [2.45, 2.75) is 6.42 Å². The predicted molar refractivity (Wildman–Crippen MR) is 59.6 cm³/mol. The molecular formula is C10H10NNaO4S. The van der Waals surface area contributed by atoms with Gasteiger partial charge in [-0.15, -0.1) is 0 Å². The van der Waals surface area contributed by atoms with Gasteiger partial charge in [0.1, 0.15) is 6.29 Å². The van der Waals surface area contributed by atoms with Crippen LogP contribution in [-0.4, -0.2) is 24.6 Å². The summed E-state index contributed by atoms with van der Waals surface area (Å²) in [6.07, 6.45) is 3.30. The van der Waals surface area contributed by atoms with E-state index in [2.05, 4.69) is 4.98 Å². The van der Waals surface area contributed by atoms with E-state index in [1.54, 1.807) is 0 Å². The summed E-state index contributed by atoms with van der Waals surface area (Å²) in [7, 11) is 0. The summed E-state index contributed by atoms with van der Waals surface area (Å²) in [6, 6.07) is 7.97. The molecule has 0 fully saturated rings. The predicted octanol–water partition coefficient (Wildman–Crippen LogP) is -1.75. The first-order chi connectivity index (χ1) is 7.65. The molecule has 1 atom stereocenters. The van der Waals surface area contributed by atoms with Gasteiger partial charge in [0.2, 0.25) is 0 Å². The molecule has 0 radical (unpaired) electrons. The average molecular weight is 263 g/mol. The van der Waals surface area contributed by atoms with Crippen LogP contribution in [0, 0.1) is 0 Å². The maximum Gasteiger partial charge on any atom is 1.00 e. The van der Waals surface area contributed by atoms with E-state index in [4.69, 9.17) is 13.3 Å². The minimum absolute atomic E-state index is 0. The Morgan fingerprint density at radius 2 is 2.00 bits per heavy atom. The van der Waals surface area contributed by atoms with Crippen LogP contribution >= 0.6 is 0 Å². The van der Waals surface area contributed by atoms with Crippen molar-refractivity contribution in [1.29, 1.82) is 0 Å². The van der Waals surface area contributed by atoms with Gasteiger partial charge < -0.3 is 18.9 Å². The van der Waals surface area contributed by atoms with Crippen LogP contribution in [-0.2, 0) is 22.6 Å². The van der Waals surface area contributed by atoms with Gasteiger partial charge in [-0.2, -0.15) is 0 Å². The topological polar surface area (TPSA) is 93.2 Å². The first kappa shape index (κ1) is 16.5. The van der Waals surface area contributed by atoms with Gasteiger partial charge in [-0.05, 0) is 11.6 Å². The molecule has 2 rings (SSSR count). The second-order valence-electron chi connectivity index (χ2n) is 2.95. The molecule has 5 nitrogen and oxygen atoms in total. The van der Waals surface area contributed by atoms with E-state index in [0.29, 0.717) is 6.42 Å². The molecule has 1 heterocycles. The molecule has 0 aliphatic rings. The van der Waals surface area contributed by atoms with Crippen LogP contribution in [0.5, 0.6) is 0 Å². The van der Waals surface area contributed by atoms with E-state index in [1.165, 1.54) is 0 Å². The Kier molecular flexibility index (Phi) is 8.32. The summed E-state index contributed by atoms with van der Waals surface area (Å²) in [6.45, 7) is 0. The van der Waals surface area contributed by atoms with Crippen molar-refractivity contribution in [3.63, 3.8) is 0 Å². The number of aromatic nitrogens is 1. The second kappa shape index (κ2) is 8.57. The van der Waals surface area contributed by atoms with Crippen molar-refractivity contribution in [3.05, 3.63) is 36.0 Å². The molecular weight excluding hydrogens is 253 g/mol. The van der Waals surface area contributed by atoms with Crippen molar-refractivity contribution >= 4 is 28.6 Å². The Labute approximate surface area is 123 Å². The molecule has 1 aromatic heterocycles. The number of nitrogens with one attached hydrogen (secondary N) is 1. The Hall–Kier alpha value is -0.500. The molecule has 0 bridgehead atoms. The van der Waals surface area contributed by atoms with Gasteiger partial charge in [0.05, 0.1) is 11.4 Å². The summed E-state index contributed by atoms with van der Waals surface area (Å²) >= 11 is -2.86. The van der Waals surface area contributed by atoms with Crippen molar-refractivity contribution in [3.8, 4) is 0 Å². The number of benzene rings is 1. The Morgan fingerprint density at radius 1 is 1.41 bits per heavy atom. The average Bonchev–Trinajstić information content (AvgIpc) is 2.62. The van der Waals surface area contributed by atoms with E-state index < -0.39 is 11.4 Å². The van der Waals surface area contributed by atoms with Gasteiger partial charge in [0.15, 0.2) is 0 Å². The molecule has 86 valence electrons. The van der Waals surface area contributed by atoms with Gasteiger partial charge in [-0.25, -0.2) is 4.21 Å². The summed E-state index contributed by atoms with van der Waals surface area (Å²) in [5.41, 5.74) is 2.16. The van der Waals surface area contributed by atoms with Gasteiger partial charge >= 0.3 is 29.6 Å². The van der Waals surface area contributed by atoms with Crippen LogP contribution in [0.4, 0.5) is 0 Å². The van der Waals surface area contributed by atoms with Gasteiger partial charge in [0.25, 0.3) is 0 Å². The van der Waals surface area contributed by atoms with E-state index in [9.17, 15) is 4.79 Å². The fourth-order valence-corrected chi connectivity index (χ4v) is 1.39. The number of H-pyrrole nitrogens is 1. The number of aromatic amines is 1. The number of fused-ring (bicyclic) bond motifs is 1. The van der Waals surface area contributed by atoms with Crippen molar-refractivity contribution in [2.75, 3.05) is 0 Å². The second-order valence-corrected chi connectivity index (χ2v) is 3.38. The summed E-state index contributed by atoms with van der Waals surface area (Å²) < 4.78 is 24.1. The molecule has 0 saturated carbocycles. The Bertz CT molecular complexity index is 496. The fraction of sp³-hybridized carbons (Fsp3) is 0.100. The van der Waals surface area contributed by atoms with E-state index >= 15 is 0 Å². The molecule has 0 aliphatic heterocycles. The van der Waals surface area contributed by atoms with Crippen LogP contribution in [0.1, 0.15) is 5.56 Å². The number of para-hydroxylation sites is 1. The summed E-state index contributed by atoms with van der Waals surface area (Å²) in [4.78, 5) is 13.4. The maximum absolute atomic E-state index is 10.3. The Morgan fingerprint density at radius 3 is 2.59 bits per heavy atom. The van der Waals surface area contributed by atoms with E-state index in [-0.39, 0.29) is 29.6 Å². The molecule has 7 heteroatoms. The minimum Gasteiger partial charge on any atom is -0.750 e. The van der Waals surface area contributed by atoms with E-state index in [1.807, 2.05) is 30.5 Å². The smallest absolute Gasteiger partial charge is 0.750 e. The van der Waals surface area contributed by atoms with Crippen molar-refractivity contribution in [2.24, 2.45) is 0 Å².